The highest BCUT2D eigenvalue weighted by Gasteiger charge is 2.39. The molecule has 1 fully saturated rings. The van der Waals surface area contributed by atoms with Crippen LogP contribution in [0.3, 0.4) is 0 Å². The molecule has 0 bridgehead atoms. The Balaban J connectivity index is 2.09. The van der Waals surface area contributed by atoms with Crippen molar-refractivity contribution in [3.63, 3.8) is 0 Å². The average molecular weight is 281 g/mol. The Morgan fingerprint density at radius 3 is 2.89 bits per heavy atom. The molecule has 1 heterocycles. The highest BCUT2D eigenvalue weighted by Crippen LogP contribution is 2.43. The van der Waals surface area contributed by atoms with Gasteiger partial charge in [0.1, 0.15) is 5.76 Å². The minimum atomic E-state index is 0.392. The number of thioether (sulfide) groups is 1. The van der Waals surface area contributed by atoms with Crippen molar-refractivity contribution in [2.45, 2.75) is 69.6 Å². The van der Waals surface area contributed by atoms with Crippen molar-refractivity contribution in [1.29, 1.82) is 0 Å². The summed E-state index contributed by atoms with van der Waals surface area (Å²) in [5, 5.41) is 4.45. The molecule has 3 heteroatoms. The topological polar surface area (TPSA) is 25.2 Å². The fourth-order valence-corrected chi connectivity index (χ4v) is 4.64. The lowest BCUT2D eigenvalue weighted by molar-refractivity contribution is 0.175. The molecule has 2 rings (SSSR count). The zero-order valence-electron chi connectivity index (χ0n) is 12.7. The summed E-state index contributed by atoms with van der Waals surface area (Å²) in [7, 11) is 0. The number of hydrogen-bond donors (Lipinski definition) is 1. The van der Waals surface area contributed by atoms with Crippen LogP contribution in [-0.4, -0.2) is 17.8 Å². The Kier molecular flexibility index (Phi) is 5.02. The third-order valence-electron chi connectivity index (χ3n) is 4.23. The molecule has 108 valence electrons. The van der Waals surface area contributed by atoms with E-state index in [9.17, 15) is 0 Å². The number of aryl methyl sites for hydroxylation is 1. The van der Waals surface area contributed by atoms with Gasteiger partial charge in [-0.2, -0.15) is 0 Å². The molecule has 2 atom stereocenters. The number of rotatable bonds is 5. The molecule has 0 aromatic carbocycles. The average Bonchev–Trinajstić information content (AvgIpc) is 2.74. The fraction of sp³-hybridized carbons (Fsp3) is 0.750. The lowest BCUT2D eigenvalue weighted by Gasteiger charge is -2.44. The molecule has 1 aromatic heterocycles. The summed E-state index contributed by atoms with van der Waals surface area (Å²) in [4.78, 5) is 1.31. The highest BCUT2D eigenvalue weighted by atomic mass is 32.2. The van der Waals surface area contributed by atoms with Crippen LogP contribution in [0.4, 0.5) is 0 Å². The van der Waals surface area contributed by atoms with E-state index in [0.29, 0.717) is 16.7 Å². The van der Waals surface area contributed by atoms with E-state index in [-0.39, 0.29) is 0 Å². The van der Waals surface area contributed by atoms with Gasteiger partial charge >= 0.3 is 0 Å². The lowest BCUT2D eigenvalue weighted by atomic mass is 9.73. The Bertz CT molecular complexity index is 399. The van der Waals surface area contributed by atoms with Crippen LogP contribution >= 0.6 is 11.8 Å². The van der Waals surface area contributed by atoms with E-state index in [1.54, 1.807) is 6.26 Å². The second-order valence-electron chi connectivity index (χ2n) is 6.31. The van der Waals surface area contributed by atoms with Gasteiger partial charge in [-0.15, -0.1) is 11.8 Å². The molecule has 1 aromatic rings. The summed E-state index contributed by atoms with van der Waals surface area (Å²) >= 11 is 2.00. The summed E-state index contributed by atoms with van der Waals surface area (Å²) in [6.07, 6.45) is 6.98. The fourth-order valence-electron chi connectivity index (χ4n) is 3.08. The van der Waals surface area contributed by atoms with E-state index < -0.39 is 0 Å². The molecule has 0 aliphatic heterocycles. The first-order valence-corrected chi connectivity index (χ1v) is 8.36. The van der Waals surface area contributed by atoms with Gasteiger partial charge in [0.05, 0.1) is 6.26 Å². The van der Waals surface area contributed by atoms with E-state index in [2.05, 4.69) is 39.1 Å². The SMILES string of the molecule is CCCNC1C(Sc2ccoc2C)CCCC1(C)C. The standard InChI is InChI=1S/C16H27NOS/c1-5-10-17-15-14(7-6-9-16(15,3)4)19-13-8-11-18-12(13)2/h8,11,14-15,17H,5-7,9-10H2,1-4H3. The van der Waals surface area contributed by atoms with Crippen LogP contribution in [0.5, 0.6) is 0 Å². The van der Waals surface area contributed by atoms with Gasteiger partial charge in [-0.3, -0.25) is 0 Å². The molecule has 2 unspecified atom stereocenters. The Hall–Kier alpha value is -0.410. The molecule has 2 nitrogen and oxygen atoms in total. The third kappa shape index (κ3) is 3.57. The second-order valence-corrected chi connectivity index (χ2v) is 7.59. The van der Waals surface area contributed by atoms with E-state index in [4.69, 9.17) is 4.42 Å². The largest absolute Gasteiger partial charge is 0.468 e. The molecule has 19 heavy (non-hydrogen) atoms. The number of furan rings is 1. The van der Waals surface area contributed by atoms with Crippen molar-refractivity contribution < 1.29 is 4.42 Å². The molecule has 1 aliphatic rings. The van der Waals surface area contributed by atoms with Crippen LogP contribution in [0, 0.1) is 12.3 Å². The van der Waals surface area contributed by atoms with Crippen molar-refractivity contribution in [3.05, 3.63) is 18.1 Å². The monoisotopic (exact) mass is 281 g/mol. The van der Waals surface area contributed by atoms with Gasteiger partial charge in [0.25, 0.3) is 0 Å². The summed E-state index contributed by atoms with van der Waals surface area (Å²) in [5.74, 6) is 1.06. The molecule has 1 N–H and O–H groups in total. The zero-order valence-corrected chi connectivity index (χ0v) is 13.5. The first-order valence-electron chi connectivity index (χ1n) is 7.48. The van der Waals surface area contributed by atoms with Gasteiger partial charge in [-0.25, -0.2) is 0 Å². The second kappa shape index (κ2) is 6.36. The van der Waals surface area contributed by atoms with E-state index in [1.165, 1.54) is 30.6 Å². The van der Waals surface area contributed by atoms with Crippen molar-refractivity contribution in [2.75, 3.05) is 6.54 Å². The van der Waals surface area contributed by atoms with Gasteiger partial charge in [0.2, 0.25) is 0 Å². The molecule has 1 saturated carbocycles. The Morgan fingerprint density at radius 1 is 1.47 bits per heavy atom. The van der Waals surface area contributed by atoms with Gasteiger partial charge in [-0.1, -0.05) is 27.2 Å². The lowest BCUT2D eigenvalue weighted by Crippen LogP contribution is -2.51. The van der Waals surface area contributed by atoms with Crippen LogP contribution in [0.25, 0.3) is 0 Å². The van der Waals surface area contributed by atoms with E-state index in [0.717, 1.165) is 12.3 Å². The van der Waals surface area contributed by atoms with Crippen LogP contribution < -0.4 is 5.32 Å². The van der Waals surface area contributed by atoms with Crippen molar-refractivity contribution >= 4 is 11.8 Å². The Labute approximate surface area is 121 Å². The first kappa shape index (κ1) is 15.0. The molecule has 0 amide bonds. The first-order chi connectivity index (χ1) is 9.04. The maximum Gasteiger partial charge on any atom is 0.114 e. The minimum absolute atomic E-state index is 0.392. The van der Waals surface area contributed by atoms with Crippen molar-refractivity contribution in [1.82, 2.24) is 5.32 Å². The number of nitrogens with one attached hydrogen (secondary N) is 1. The summed E-state index contributed by atoms with van der Waals surface area (Å²) in [5.41, 5.74) is 0.392. The quantitative estimate of drug-likeness (QED) is 0.852. The molecule has 1 aliphatic carbocycles. The van der Waals surface area contributed by atoms with Crippen LogP contribution in [-0.2, 0) is 0 Å². The smallest absolute Gasteiger partial charge is 0.114 e. The molecular formula is C16H27NOS. The van der Waals surface area contributed by atoms with Gasteiger partial charge in [-0.05, 0) is 44.2 Å². The number of hydrogen-bond acceptors (Lipinski definition) is 3. The molecule has 0 saturated heterocycles. The summed E-state index contributed by atoms with van der Waals surface area (Å²) in [6.45, 7) is 10.2. The van der Waals surface area contributed by atoms with E-state index in [1.807, 2.05) is 11.8 Å². The van der Waals surface area contributed by atoms with Gasteiger partial charge < -0.3 is 9.73 Å². The maximum absolute atomic E-state index is 5.43. The molecule has 0 radical (unpaired) electrons. The molecule has 0 spiro atoms. The van der Waals surface area contributed by atoms with Crippen LogP contribution in [0.15, 0.2) is 21.6 Å². The normalized spacial score (nSPS) is 26.5. The predicted octanol–water partition coefficient (Wildman–Crippen LogP) is 4.63. The Morgan fingerprint density at radius 2 is 2.26 bits per heavy atom. The minimum Gasteiger partial charge on any atom is -0.468 e. The zero-order chi connectivity index (χ0) is 13.9. The summed E-state index contributed by atoms with van der Waals surface area (Å²) < 4.78 is 5.43. The van der Waals surface area contributed by atoms with Crippen molar-refractivity contribution in [3.8, 4) is 0 Å². The van der Waals surface area contributed by atoms with E-state index >= 15 is 0 Å². The van der Waals surface area contributed by atoms with Gasteiger partial charge in [0.15, 0.2) is 0 Å². The predicted molar refractivity (Wildman–Crippen MR) is 82.8 cm³/mol. The van der Waals surface area contributed by atoms with Gasteiger partial charge in [0, 0.05) is 16.2 Å². The molecular weight excluding hydrogens is 254 g/mol. The van der Waals surface area contributed by atoms with Crippen LogP contribution in [0.1, 0.15) is 52.2 Å². The highest BCUT2D eigenvalue weighted by molar-refractivity contribution is 8.00. The third-order valence-corrected chi connectivity index (χ3v) is 5.72. The summed E-state index contributed by atoms with van der Waals surface area (Å²) in [6, 6.07) is 2.71. The van der Waals surface area contributed by atoms with Crippen LogP contribution in [0.2, 0.25) is 0 Å². The maximum atomic E-state index is 5.43. The van der Waals surface area contributed by atoms with Crippen molar-refractivity contribution in [2.24, 2.45) is 5.41 Å².